The summed E-state index contributed by atoms with van der Waals surface area (Å²) in [6.45, 7) is 3.00. The Morgan fingerprint density at radius 1 is 1.53 bits per heavy atom. The molecule has 1 rings (SSSR count). The minimum atomic E-state index is -3.48. The topological polar surface area (TPSA) is 92.7 Å². The first kappa shape index (κ1) is 14.4. The minimum absolute atomic E-state index is 0.108. The molecule has 0 bridgehead atoms. The van der Waals surface area contributed by atoms with Crippen molar-refractivity contribution in [2.45, 2.75) is 32.3 Å². The van der Waals surface area contributed by atoms with Crippen LogP contribution < -0.4 is 4.72 Å². The molecule has 1 aliphatic heterocycles. The highest BCUT2D eigenvalue weighted by Gasteiger charge is 2.27. The molecule has 0 aromatic carbocycles. The van der Waals surface area contributed by atoms with Crippen LogP contribution in [0.2, 0.25) is 0 Å². The number of carbonyl (C=O) groups is 1. The Balaban J connectivity index is 2.36. The third-order valence-electron chi connectivity index (χ3n) is 2.90. The maximum absolute atomic E-state index is 11.5. The zero-order valence-electron chi connectivity index (χ0n) is 9.89. The maximum Gasteiger partial charge on any atom is 0.304 e. The molecule has 2 atom stereocenters. The van der Waals surface area contributed by atoms with Crippen molar-refractivity contribution in [3.05, 3.63) is 0 Å². The van der Waals surface area contributed by atoms with Gasteiger partial charge in [-0.2, -0.15) is 0 Å². The van der Waals surface area contributed by atoms with Crippen LogP contribution in [0.25, 0.3) is 0 Å². The second-order valence-corrected chi connectivity index (χ2v) is 6.10. The Morgan fingerprint density at radius 2 is 2.24 bits per heavy atom. The average molecular weight is 265 g/mol. The number of hydrogen-bond acceptors (Lipinski definition) is 4. The van der Waals surface area contributed by atoms with E-state index in [0.29, 0.717) is 13.2 Å². The summed E-state index contributed by atoms with van der Waals surface area (Å²) in [6, 6.07) is 0. The van der Waals surface area contributed by atoms with Crippen molar-refractivity contribution in [1.82, 2.24) is 4.72 Å². The molecule has 1 aliphatic rings. The molecule has 0 aromatic rings. The van der Waals surface area contributed by atoms with Crippen molar-refractivity contribution in [3.8, 4) is 0 Å². The van der Waals surface area contributed by atoms with Crippen LogP contribution in [0.4, 0.5) is 0 Å². The second kappa shape index (κ2) is 6.32. The highest BCUT2D eigenvalue weighted by atomic mass is 32.2. The van der Waals surface area contributed by atoms with Gasteiger partial charge in [0.2, 0.25) is 10.0 Å². The summed E-state index contributed by atoms with van der Waals surface area (Å²) in [5, 5.41) is 8.42. The molecule has 1 saturated heterocycles. The van der Waals surface area contributed by atoms with E-state index in [1.807, 2.05) is 6.92 Å². The van der Waals surface area contributed by atoms with Gasteiger partial charge in [-0.3, -0.25) is 4.79 Å². The molecule has 1 heterocycles. The Kier molecular flexibility index (Phi) is 5.35. The number of carboxylic acid groups (broad SMARTS) is 1. The van der Waals surface area contributed by atoms with E-state index >= 15 is 0 Å². The number of carboxylic acids is 1. The number of aliphatic carboxylic acids is 1. The molecular formula is C10H19NO5S. The molecule has 0 amide bonds. The highest BCUT2D eigenvalue weighted by Crippen LogP contribution is 2.22. The highest BCUT2D eigenvalue weighted by molar-refractivity contribution is 7.89. The SMILES string of the molecule is CCC1OCCC1CNS(=O)(=O)CCC(=O)O. The Hall–Kier alpha value is -0.660. The molecule has 100 valence electrons. The van der Waals surface area contributed by atoms with E-state index in [-0.39, 0.29) is 24.2 Å². The first-order chi connectivity index (χ1) is 7.94. The molecule has 17 heavy (non-hydrogen) atoms. The Bertz CT molecular complexity index is 354. The van der Waals surface area contributed by atoms with Gasteiger partial charge in [0.05, 0.1) is 18.3 Å². The maximum atomic E-state index is 11.5. The second-order valence-electron chi connectivity index (χ2n) is 4.18. The van der Waals surface area contributed by atoms with E-state index in [2.05, 4.69) is 4.72 Å². The third kappa shape index (κ3) is 5.01. The van der Waals surface area contributed by atoms with Gasteiger partial charge < -0.3 is 9.84 Å². The van der Waals surface area contributed by atoms with Crippen molar-refractivity contribution < 1.29 is 23.1 Å². The average Bonchev–Trinajstić information content (AvgIpc) is 2.71. The van der Waals surface area contributed by atoms with Crippen molar-refractivity contribution in [1.29, 1.82) is 0 Å². The lowest BCUT2D eigenvalue weighted by Crippen LogP contribution is -2.34. The van der Waals surface area contributed by atoms with Gasteiger partial charge in [-0.25, -0.2) is 13.1 Å². The van der Waals surface area contributed by atoms with Crippen LogP contribution >= 0.6 is 0 Å². The number of sulfonamides is 1. The van der Waals surface area contributed by atoms with Gasteiger partial charge in [0.15, 0.2) is 0 Å². The third-order valence-corrected chi connectivity index (χ3v) is 4.25. The van der Waals surface area contributed by atoms with E-state index in [4.69, 9.17) is 9.84 Å². The fourth-order valence-corrected chi connectivity index (χ4v) is 2.96. The fourth-order valence-electron chi connectivity index (χ4n) is 1.91. The van der Waals surface area contributed by atoms with Gasteiger partial charge >= 0.3 is 5.97 Å². The molecule has 0 aliphatic carbocycles. The van der Waals surface area contributed by atoms with Crippen LogP contribution in [0, 0.1) is 5.92 Å². The lowest BCUT2D eigenvalue weighted by molar-refractivity contribution is -0.136. The zero-order chi connectivity index (χ0) is 12.9. The van der Waals surface area contributed by atoms with Gasteiger partial charge in [-0.15, -0.1) is 0 Å². The predicted molar refractivity (Wildman–Crippen MR) is 62.2 cm³/mol. The molecule has 7 heteroatoms. The smallest absolute Gasteiger partial charge is 0.304 e. The van der Waals surface area contributed by atoms with Crippen LogP contribution in [0.3, 0.4) is 0 Å². The quantitative estimate of drug-likeness (QED) is 0.685. The standard InChI is InChI=1S/C10H19NO5S/c1-2-9-8(3-5-16-9)7-11-17(14,15)6-4-10(12)13/h8-9,11H,2-7H2,1H3,(H,12,13). The largest absolute Gasteiger partial charge is 0.481 e. The first-order valence-corrected chi connectivity index (χ1v) is 7.40. The van der Waals surface area contributed by atoms with Gasteiger partial charge in [0.25, 0.3) is 0 Å². The summed E-state index contributed by atoms with van der Waals surface area (Å²) in [5.41, 5.74) is 0. The number of hydrogen-bond donors (Lipinski definition) is 2. The Morgan fingerprint density at radius 3 is 2.82 bits per heavy atom. The zero-order valence-corrected chi connectivity index (χ0v) is 10.7. The molecular weight excluding hydrogens is 246 g/mol. The van der Waals surface area contributed by atoms with Gasteiger partial charge in [0, 0.05) is 19.1 Å². The molecule has 0 aromatic heterocycles. The molecule has 1 fully saturated rings. The number of rotatable bonds is 7. The fraction of sp³-hybridized carbons (Fsp3) is 0.900. The number of nitrogens with one attached hydrogen (secondary N) is 1. The molecule has 6 nitrogen and oxygen atoms in total. The van der Waals surface area contributed by atoms with Crippen molar-refractivity contribution in [2.75, 3.05) is 18.9 Å². The van der Waals surface area contributed by atoms with Gasteiger partial charge in [-0.05, 0) is 12.8 Å². The summed E-state index contributed by atoms with van der Waals surface area (Å²) in [7, 11) is -3.48. The van der Waals surface area contributed by atoms with E-state index in [1.165, 1.54) is 0 Å². The molecule has 2 unspecified atom stereocenters. The lowest BCUT2D eigenvalue weighted by atomic mass is 10.0. The molecule has 0 spiro atoms. The van der Waals surface area contributed by atoms with E-state index in [0.717, 1.165) is 12.8 Å². The minimum Gasteiger partial charge on any atom is -0.481 e. The summed E-state index contributed by atoms with van der Waals surface area (Å²) in [5.74, 6) is -1.28. The summed E-state index contributed by atoms with van der Waals surface area (Å²) < 4.78 is 30.8. The van der Waals surface area contributed by atoms with Crippen molar-refractivity contribution in [3.63, 3.8) is 0 Å². The van der Waals surface area contributed by atoms with E-state index < -0.39 is 16.0 Å². The molecule has 0 saturated carbocycles. The Labute approximate surface area is 101 Å². The summed E-state index contributed by atoms with van der Waals surface area (Å²) in [4.78, 5) is 10.3. The summed E-state index contributed by atoms with van der Waals surface area (Å²) in [6.07, 6.45) is 1.45. The van der Waals surface area contributed by atoms with Crippen LogP contribution in [0.1, 0.15) is 26.2 Å². The van der Waals surface area contributed by atoms with E-state index in [1.54, 1.807) is 0 Å². The van der Waals surface area contributed by atoms with Crippen LogP contribution in [0.5, 0.6) is 0 Å². The van der Waals surface area contributed by atoms with Crippen molar-refractivity contribution >= 4 is 16.0 Å². The monoisotopic (exact) mass is 265 g/mol. The molecule has 2 N–H and O–H groups in total. The predicted octanol–water partition coefficient (Wildman–Crippen LogP) is 0.196. The van der Waals surface area contributed by atoms with E-state index in [9.17, 15) is 13.2 Å². The summed E-state index contributed by atoms with van der Waals surface area (Å²) >= 11 is 0. The van der Waals surface area contributed by atoms with Gasteiger partial charge in [0.1, 0.15) is 0 Å². The lowest BCUT2D eigenvalue weighted by Gasteiger charge is -2.17. The normalized spacial score (nSPS) is 25.0. The first-order valence-electron chi connectivity index (χ1n) is 5.75. The molecule has 0 radical (unpaired) electrons. The van der Waals surface area contributed by atoms with Crippen LogP contribution in [0.15, 0.2) is 0 Å². The van der Waals surface area contributed by atoms with Crippen molar-refractivity contribution in [2.24, 2.45) is 5.92 Å². The van der Waals surface area contributed by atoms with Crippen LogP contribution in [-0.4, -0.2) is 44.5 Å². The van der Waals surface area contributed by atoms with Crippen LogP contribution in [-0.2, 0) is 19.6 Å². The number of ether oxygens (including phenoxy) is 1. The van der Waals surface area contributed by atoms with Gasteiger partial charge in [-0.1, -0.05) is 6.92 Å².